The molecule has 0 radical (unpaired) electrons. The van der Waals surface area contributed by atoms with Crippen LogP contribution in [0.3, 0.4) is 0 Å². The van der Waals surface area contributed by atoms with Gasteiger partial charge in [-0.25, -0.2) is 4.85 Å². The first kappa shape index (κ1) is 12.1. The minimum Gasteiger partial charge on any atom is -0.238 e. The number of aryl methyl sites for hydroxylation is 1. The second-order valence-electron chi connectivity index (χ2n) is 4.48. The summed E-state index contributed by atoms with van der Waals surface area (Å²) in [6, 6.07) is 13.7. The monoisotopic (exact) mass is 260 g/mol. The molecule has 0 aliphatic carbocycles. The van der Waals surface area contributed by atoms with E-state index in [0.717, 1.165) is 22.4 Å². The van der Waals surface area contributed by atoms with Crippen molar-refractivity contribution in [2.75, 3.05) is 0 Å². The van der Waals surface area contributed by atoms with E-state index < -0.39 is 0 Å². The lowest BCUT2D eigenvalue weighted by molar-refractivity contribution is 0.747. The van der Waals surface area contributed by atoms with Gasteiger partial charge in [0.2, 0.25) is 0 Å². The number of aromatic nitrogens is 3. The molecule has 0 spiro atoms. The van der Waals surface area contributed by atoms with E-state index in [2.05, 4.69) is 21.1 Å². The molecule has 4 heteroatoms. The van der Waals surface area contributed by atoms with E-state index in [4.69, 9.17) is 6.57 Å². The van der Waals surface area contributed by atoms with Crippen molar-refractivity contribution in [3.63, 3.8) is 0 Å². The van der Waals surface area contributed by atoms with Crippen molar-refractivity contribution in [2.24, 2.45) is 0 Å². The van der Waals surface area contributed by atoms with Crippen molar-refractivity contribution in [3.05, 3.63) is 71.8 Å². The zero-order valence-electron chi connectivity index (χ0n) is 11.0. The van der Waals surface area contributed by atoms with Gasteiger partial charge in [0.15, 0.2) is 5.69 Å². The van der Waals surface area contributed by atoms with Gasteiger partial charge in [-0.3, -0.25) is 0 Å². The van der Waals surface area contributed by atoms with Crippen LogP contribution in [0.2, 0.25) is 0 Å². The molecule has 1 aromatic heterocycles. The molecule has 0 saturated heterocycles. The first-order valence-corrected chi connectivity index (χ1v) is 6.23. The summed E-state index contributed by atoms with van der Waals surface area (Å²) in [5.41, 5.74) is 4.83. The standard InChI is InChI=1S/C16H12N4/c1-12-10-14(13-4-3-5-15(11-13)17-2)6-7-16(12)20-18-8-9-19-20/h3-11H,1H3. The van der Waals surface area contributed by atoms with E-state index in [0.29, 0.717) is 5.69 Å². The van der Waals surface area contributed by atoms with Gasteiger partial charge < -0.3 is 0 Å². The van der Waals surface area contributed by atoms with Gasteiger partial charge in [0.25, 0.3) is 0 Å². The summed E-state index contributed by atoms with van der Waals surface area (Å²) in [6.07, 6.45) is 3.32. The largest absolute Gasteiger partial charge is 0.238 e. The van der Waals surface area contributed by atoms with Crippen LogP contribution in [-0.2, 0) is 0 Å². The Hall–Kier alpha value is -2.93. The van der Waals surface area contributed by atoms with E-state index in [1.165, 1.54) is 0 Å². The maximum atomic E-state index is 7.08. The Bertz CT molecular complexity index is 782. The molecule has 0 saturated carbocycles. The Morgan fingerprint density at radius 3 is 2.45 bits per heavy atom. The topological polar surface area (TPSA) is 35.1 Å². The van der Waals surface area contributed by atoms with Gasteiger partial charge >= 0.3 is 0 Å². The van der Waals surface area contributed by atoms with Crippen molar-refractivity contribution in [1.29, 1.82) is 0 Å². The van der Waals surface area contributed by atoms with E-state index in [1.54, 1.807) is 17.2 Å². The van der Waals surface area contributed by atoms with Gasteiger partial charge in [0.1, 0.15) is 0 Å². The van der Waals surface area contributed by atoms with Crippen LogP contribution >= 0.6 is 0 Å². The molecular weight excluding hydrogens is 248 g/mol. The molecule has 0 fully saturated rings. The summed E-state index contributed by atoms with van der Waals surface area (Å²) >= 11 is 0. The van der Waals surface area contributed by atoms with Crippen LogP contribution in [0.4, 0.5) is 5.69 Å². The van der Waals surface area contributed by atoms with Crippen LogP contribution in [0.25, 0.3) is 21.7 Å². The minimum absolute atomic E-state index is 0.651. The van der Waals surface area contributed by atoms with Crippen molar-refractivity contribution in [1.82, 2.24) is 15.0 Å². The molecule has 3 aromatic rings. The number of hydrogen-bond donors (Lipinski definition) is 0. The van der Waals surface area contributed by atoms with Crippen LogP contribution in [0.1, 0.15) is 5.56 Å². The van der Waals surface area contributed by atoms with Crippen LogP contribution in [-0.4, -0.2) is 15.0 Å². The molecule has 0 atom stereocenters. The number of rotatable bonds is 2. The van der Waals surface area contributed by atoms with Crippen molar-refractivity contribution < 1.29 is 0 Å². The highest BCUT2D eigenvalue weighted by atomic mass is 15.5. The van der Waals surface area contributed by atoms with Crippen molar-refractivity contribution in [3.8, 4) is 16.8 Å². The maximum Gasteiger partial charge on any atom is 0.187 e. The fourth-order valence-electron chi connectivity index (χ4n) is 2.15. The molecule has 20 heavy (non-hydrogen) atoms. The van der Waals surface area contributed by atoms with E-state index in [9.17, 15) is 0 Å². The van der Waals surface area contributed by atoms with Gasteiger partial charge in [-0.2, -0.15) is 15.0 Å². The zero-order chi connectivity index (χ0) is 13.9. The molecule has 4 nitrogen and oxygen atoms in total. The molecule has 0 unspecified atom stereocenters. The lowest BCUT2D eigenvalue weighted by Crippen LogP contribution is -2.00. The average molecular weight is 260 g/mol. The fraction of sp³-hybridized carbons (Fsp3) is 0.0625. The first-order valence-electron chi connectivity index (χ1n) is 6.23. The van der Waals surface area contributed by atoms with E-state index in [-0.39, 0.29) is 0 Å². The van der Waals surface area contributed by atoms with E-state index >= 15 is 0 Å². The Morgan fingerprint density at radius 1 is 1.00 bits per heavy atom. The van der Waals surface area contributed by atoms with Gasteiger partial charge in [-0.15, -0.1) is 0 Å². The number of hydrogen-bond acceptors (Lipinski definition) is 2. The van der Waals surface area contributed by atoms with Crippen molar-refractivity contribution >= 4 is 5.69 Å². The summed E-state index contributed by atoms with van der Waals surface area (Å²) in [6.45, 7) is 9.11. The normalized spacial score (nSPS) is 10.2. The second kappa shape index (κ2) is 4.98. The fourth-order valence-corrected chi connectivity index (χ4v) is 2.15. The molecule has 0 aliphatic rings. The Kier molecular flexibility index (Phi) is 3.02. The van der Waals surface area contributed by atoms with Gasteiger partial charge in [0, 0.05) is 0 Å². The summed E-state index contributed by atoms with van der Waals surface area (Å²) in [4.78, 5) is 5.07. The molecule has 0 bridgehead atoms. The molecule has 1 heterocycles. The van der Waals surface area contributed by atoms with Crippen LogP contribution in [0, 0.1) is 13.5 Å². The minimum atomic E-state index is 0.651. The highest BCUT2D eigenvalue weighted by Crippen LogP contribution is 2.26. The van der Waals surface area contributed by atoms with Gasteiger partial charge in [-0.05, 0) is 41.8 Å². The molecular formula is C16H12N4. The molecule has 0 N–H and O–H groups in total. The Labute approximate surface area is 117 Å². The average Bonchev–Trinajstić information content (AvgIpc) is 3.01. The lowest BCUT2D eigenvalue weighted by atomic mass is 10.0. The molecule has 2 aromatic carbocycles. The lowest BCUT2D eigenvalue weighted by Gasteiger charge is -2.08. The summed E-state index contributed by atoms with van der Waals surface area (Å²) in [5, 5.41) is 8.29. The third-order valence-corrected chi connectivity index (χ3v) is 3.14. The summed E-state index contributed by atoms with van der Waals surface area (Å²) in [5.74, 6) is 0. The zero-order valence-corrected chi connectivity index (χ0v) is 11.0. The molecule has 0 amide bonds. The summed E-state index contributed by atoms with van der Waals surface area (Å²) in [7, 11) is 0. The van der Waals surface area contributed by atoms with Crippen molar-refractivity contribution in [2.45, 2.75) is 6.92 Å². The Balaban J connectivity index is 2.04. The number of benzene rings is 2. The van der Waals surface area contributed by atoms with Gasteiger partial charge in [-0.1, -0.05) is 24.3 Å². The van der Waals surface area contributed by atoms with E-state index in [1.807, 2.05) is 43.3 Å². The Morgan fingerprint density at radius 2 is 1.75 bits per heavy atom. The smallest absolute Gasteiger partial charge is 0.187 e. The second-order valence-corrected chi connectivity index (χ2v) is 4.48. The molecule has 3 rings (SSSR count). The predicted molar refractivity (Wildman–Crippen MR) is 77.8 cm³/mol. The third-order valence-electron chi connectivity index (χ3n) is 3.14. The van der Waals surface area contributed by atoms with Crippen LogP contribution < -0.4 is 0 Å². The SMILES string of the molecule is [C-]#[N+]c1cccc(-c2ccc(-n3nccn3)c(C)c2)c1. The highest BCUT2D eigenvalue weighted by molar-refractivity contribution is 5.70. The van der Waals surface area contributed by atoms with Gasteiger partial charge in [0.05, 0.1) is 24.7 Å². The molecule has 96 valence electrons. The first-order chi connectivity index (χ1) is 9.78. The van der Waals surface area contributed by atoms with Crippen LogP contribution in [0.15, 0.2) is 54.9 Å². The predicted octanol–water partition coefficient (Wildman–Crippen LogP) is 3.79. The summed E-state index contributed by atoms with van der Waals surface area (Å²) < 4.78 is 0. The quantitative estimate of drug-likeness (QED) is 0.657. The third kappa shape index (κ3) is 2.17. The highest BCUT2D eigenvalue weighted by Gasteiger charge is 2.05. The van der Waals surface area contributed by atoms with Crippen LogP contribution in [0.5, 0.6) is 0 Å². The molecule has 0 aliphatic heterocycles. The maximum absolute atomic E-state index is 7.08. The number of nitrogens with zero attached hydrogens (tertiary/aromatic N) is 4.